The Morgan fingerprint density at radius 2 is 2.00 bits per heavy atom. The fourth-order valence-corrected chi connectivity index (χ4v) is 2.28. The van der Waals surface area contributed by atoms with Crippen molar-refractivity contribution in [3.8, 4) is 11.5 Å². The summed E-state index contributed by atoms with van der Waals surface area (Å²) in [6.45, 7) is -1.30. The number of rotatable bonds is 5. The van der Waals surface area contributed by atoms with E-state index in [1.807, 2.05) is 30.3 Å². The molecule has 2 heterocycles. The Morgan fingerprint density at radius 3 is 2.64 bits per heavy atom. The van der Waals surface area contributed by atoms with Crippen LogP contribution in [0, 0.1) is 6.92 Å². The summed E-state index contributed by atoms with van der Waals surface area (Å²) in [6, 6.07) is 10.5. The highest BCUT2D eigenvalue weighted by atomic mass is 19.3. The maximum atomic E-state index is 12.8. The second-order valence-electron chi connectivity index (χ2n) is 5.42. The summed E-state index contributed by atoms with van der Waals surface area (Å²) >= 11 is 0. The van der Waals surface area contributed by atoms with Gasteiger partial charge in [-0.15, -0.1) is 10.2 Å². The minimum atomic E-state index is -2.80. The van der Waals surface area contributed by atoms with E-state index in [9.17, 15) is 13.6 Å². The first-order chi connectivity index (χ1) is 12.0. The summed E-state index contributed by atoms with van der Waals surface area (Å²) in [5.41, 5.74) is 0.903. The molecule has 0 atom stereocenters. The third-order valence-electron chi connectivity index (χ3n) is 3.53. The Labute approximate surface area is 141 Å². The molecule has 0 N–H and O–H groups in total. The standard InChI is InChI=1S/C16H15F2N5O2/c1-10-8-12(21-23(10)16(17)18)15(24)22(2)9-13-19-20-14(25-13)11-6-4-3-5-7-11/h3-8,16H,9H2,1-2H3. The molecular formula is C16H15F2N5O2. The average molecular weight is 347 g/mol. The van der Waals surface area contributed by atoms with Gasteiger partial charge in [0.15, 0.2) is 5.69 Å². The van der Waals surface area contributed by atoms with Crippen LogP contribution in [-0.2, 0) is 6.54 Å². The maximum Gasteiger partial charge on any atom is 0.333 e. The molecule has 0 aliphatic rings. The predicted octanol–water partition coefficient (Wildman–Crippen LogP) is 2.91. The zero-order valence-corrected chi connectivity index (χ0v) is 13.6. The fraction of sp³-hybridized carbons (Fsp3) is 0.250. The Morgan fingerprint density at radius 1 is 1.28 bits per heavy atom. The van der Waals surface area contributed by atoms with Crippen molar-refractivity contribution in [3.63, 3.8) is 0 Å². The topological polar surface area (TPSA) is 77.1 Å². The predicted molar refractivity (Wildman–Crippen MR) is 83.7 cm³/mol. The van der Waals surface area contributed by atoms with Crippen LogP contribution >= 0.6 is 0 Å². The van der Waals surface area contributed by atoms with Crippen molar-refractivity contribution in [2.45, 2.75) is 20.0 Å². The minimum absolute atomic E-state index is 0.0409. The van der Waals surface area contributed by atoms with Crippen molar-refractivity contribution in [2.24, 2.45) is 0 Å². The van der Waals surface area contributed by atoms with Crippen molar-refractivity contribution in [3.05, 3.63) is 53.7 Å². The molecule has 7 nitrogen and oxygen atoms in total. The molecule has 9 heteroatoms. The van der Waals surface area contributed by atoms with Crippen LogP contribution in [0.4, 0.5) is 8.78 Å². The van der Waals surface area contributed by atoms with E-state index in [1.165, 1.54) is 24.9 Å². The number of aryl methyl sites for hydroxylation is 1. The largest absolute Gasteiger partial charge is 0.419 e. The van der Waals surface area contributed by atoms with Gasteiger partial charge in [0.05, 0.1) is 6.54 Å². The number of alkyl halides is 2. The second-order valence-corrected chi connectivity index (χ2v) is 5.42. The first-order valence-corrected chi connectivity index (χ1v) is 7.43. The molecule has 3 aromatic rings. The lowest BCUT2D eigenvalue weighted by molar-refractivity contribution is 0.0532. The van der Waals surface area contributed by atoms with Crippen LogP contribution < -0.4 is 0 Å². The van der Waals surface area contributed by atoms with Crippen LogP contribution in [0.25, 0.3) is 11.5 Å². The number of hydrogen-bond acceptors (Lipinski definition) is 5. The quantitative estimate of drug-likeness (QED) is 0.709. The monoisotopic (exact) mass is 347 g/mol. The van der Waals surface area contributed by atoms with Crippen LogP contribution in [0.15, 0.2) is 40.8 Å². The number of hydrogen-bond donors (Lipinski definition) is 0. The van der Waals surface area contributed by atoms with Crippen molar-refractivity contribution in [1.82, 2.24) is 24.9 Å². The number of carbonyl (C=O) groups excluding carboxylic acids is 1. The molecule has 3 rings (SSSR count). The number of nitrogens with zero attached hydrogens (tertiary/aromatic N) is 5. The molecule has 0 bridgehead atoms. The van der Waals surface area contributed by atoms with Gasteiger partial charge >= 0.3 is 6.55 Å². The summed E-state index contributed by atoms with van der Waals surface area (Å²) < 4.78 is 31.6. The summed E-state index contributed by atoms with van der Waals surface area (Å²) in [5, 5.41) is 11.5. The van der Waals surface area contributed by atoms with E-state index in [0.29, 0.717) is 10.6 Å². The van der Waals surface area contributed by atoms with Gasteiger partial charge in [-0.25, -0.2) is 4.68 Å². The lowest BCUT2D eigenvalue weighted by Gasteiger charge is -2.12. The molecule has 2 aromatic heterocycles. The van der Waals surface area contributed by atoms with E-state index in [4.69, 9.17) is 4.42 Å². The number of halogens is 2. The number of amides is 1. The Hall–Kier alpha value is -3.10. The molecule has 130 valence electrons. The average Bonchev–Trinajstić information content (AvgIpc) is 3.21. The van der Waals surface area contributed by atoms with Crippen molar-refractivity contribution in [1.29, 1.82) is 0 Å². The highest BCUT2D eigenvalue weighted by Crippen LogP contribution is 2.18. The van der Waals surface area contributed by atoms with Crippen LogP contribution in [0.3, 0.4) is 0 Å². The molecule has 0 saturated carbocycles. The second kappa shape index (κ2) is 6.80. The van der Waals surface area contributed by atoms with Crippen molar-refractivity contribution in [2.75, 3.05) is 7.05 Å². The van der Waals surface area contributed by atoms with Crippen LogP contribution in [0.2, 0.25) is 0 Å². The normalized spacial score (nSPS) is 11.1. The molecule has 0 spiro atoms. The number of carbonyl (C=O) groups is 1. The van der Waals surface area contributed by atoms with E-state index in [-0.39, 0.29) is 23.8 Å². The van der Waals surface area contributed by atoms with Gasteiger partial charge in [-0.3, -0.25) is 4.79 Å². The molecule has 0 aliphatic carbocycles. The maximum absolute atomic E-state index is 12.8. The molecule has 0 saturated heterocycles. The minimum Gasteiger partial charge on any atom is -0.419 e. The zero-order chi connectivity index (χ0) is 18.0. The fourth-order valence-electron chi connectivity index (χ4n) is 2.28. The van der Waals surface area contributed by atoms with E-state index < -0.39 is 12.5 Å². The Balaban J connectivity index is 1.72. The third-order valence-corrected chi connectivity index (χ3v) is 3.53. The highest BCUT2D eigenvalue weighted by Gasteiger charge is 2.21. The van der Waals surface area contributed by atoms with Crippen molar-refractivity contribution < 1.29 is 18.0 Å². The van der Waals surface area contributed by atoms with E-state index in [0.717, 1.165) is 5.56 Å². The van der Waals surface area contributed by atoms with Gasteiger partial charge in [0.2, 0.25) is 11.8 Å². The third kappa shape index (κ3) is 3.54. The molecule has 1 aromatic carbocycles. The number of aromatic nitrogens is 4. The van der Waals surface area contributed by atoms with Gasteiger partial charge in [-0.2, -0.15) is 13.9 Å². The van der Waals surface area contributed by atoms with Gasteiger partial charge in [0, 0.05) is 18.3 Å². The molecule has 0 fully saturated rings. The van der Waals surface area contributed by atoms with E-state index in [1.54, 1.807) is 0 Å². The number of benzene rings is 1. The van der Waals surface area contributed by atoms with Gasteiger partial charge < -0.3 is 9.32 Å². The van der Waals surface area contributed by atoms with E-state index in [2.05, 4.69) is 15.3 Å². The molecule has 0 aliphatic heterocycles. The van der Waals surface area contributed by atoms with Gasteiger partial charge in [-0.05, 0) is 25.1 Å². The van der Waals surface area contributed by atoms with E-state index >= 15 is 0 Å². The van der Waals surface area contributed by atoms with Gasteiger partial charge in [-0.1, -0.05) is 18.2 Å². The van der Waals surface area contributed by atoms with Crippen molar-refractivity contribution >= 4 is 5.91 Å². The molecule has 1 amide bonds. The summed E-state index contributed by atoms with van der Waals surface area (Å²) in [6.07, 6.45) is 0. The molecular weight excluding hydrogens is 332 g/mol. The lowest BCUT2D eigenvalue weighted by atomic mass is 10.2. The summed E-state index contributed by atoms with van der Waals surface area (Å²) in [5.74, 6) is 0.0657. The lowest BCUT2D eigenvalue weighted by Crippen LogP contribution is -2.27. The van der Waals surface area contributed by atoms with Crippen LogP contribution in [-0.4, -0.2) is 37.8 Å². The highest BCUT2D eigenvalue weighted by molar-refractivity contribution is 5.92. The zero-order valence-electron chi connectivity index (χ0n) is 13.6. The van der Waals surface area contributed by atoms with Gasteiger partial charge in [0.1, 0.15) is 0 Å². The molecule has 0 radical (unpaired) electrons. The summed E-state index contributed by atoms with van der Waals surface area (Å²) in [4.78, 5) is 13.6. The summed E-state index contributed by atoms with van der Waals surface area (Å²) in [7, 11) is 1.51. The molecule has 25 heavy (non-hydrogen) atoms. The van der Waals surface area contributed by atoms with Crippen LogP contribution in [0.1, 0.15) is 28.6 Å². The first-order valence-electron chi connectivity index (χ1n) is 7.43. The Bertz CT molecular complexity index is 876. The van der Waals surface area contributed by atoms with Gasteiger partial charge in [0.25, 0.3) is 5.91 Å². The molecule has 0 unspecified atom stereocenters. The SMILES string of the molecule is Cc1cc(C(=O)N(C)Cc2nnc(-c3ccccc3)o2)nn1C(F)F. The van der Waals surface area contributed by atoms with Crippen LogP contribution in [0.5, 0.6) is 0 Å². The smallest absolute Gasteiger partial charge is 0.333 e. The Kier molecular flexibility index (Phi) is 4.55. The first kappa shape index (κ1) is 16.7.